The van der Waals surface area contributed by atoms with E-state index in [0.29, 0.717) is 0 Å². The van der Waals surface area contributed by atoms with Gasteiger partial charge in [-0.3, -0.25) is 5.10 Å². The molecule has 0 aliphatic carbocycles. The molecule has 120 valence electrons. The van der Waals surface area contributed by atoms with E-state index >= 15 is 0 Å². The van der Waals surface area contributed by atoms with E-state index in [9.17, 15) is 0 Å². The quantitative estimate of drug-likeness (QED) is 0.433. The van der Waals surface area contributed by atoms with Gasteiger partial charge >= 0.3 is 0 Å². The number of H-pyrrole nitrogens is 2. The molecule has 3 aromatic rings. The Kier molecular flexibility index (Phi) is 4.13. The van der Waals surface area contributed by atoms with Crippen LogP contribution in [0.3, 0.4) is 0 Å². The molecule has 0 aliphatic rings. The number of fused-ring (bicyclic) bond motifs is 1. The van der Waals surface area contributed by atoms with Crippen LogP contribution in [0.15, 0.2) is 23.2 Å². The van der Waals surface area contributed by atoms with E-state index in [1.807, 2.05) is 25.2 Å². The van der Waals surface area contributed by atoms with Gasteiger partial charge in [0.1, 0.15) is 5.69 Å². The molecule has 0 unspecified atom stereocenters. The van der Waals surface area contributed by atoms with Gasteiger partial charge < -0.3 is 10.3 Å². The molecular formula is C16H19IN6. The van der Waals surface area contributed by atoms with Crippen LogP contribution < -0.4 is 5.32 Å². The van der Waals surface area contributed by atoms with Crippen LogP contribution in [0.2, 0.25) is 0 Å². The standard InChI is InChI=1S/C16H19IN6/c1-16(2,3)14-7-13(22-23-14)15-20-11-5-9(18-4)10(19-8-17)6-12(11)21-15/h5-8,18H,1-4H3,(H,20,21)(H,22,23). The van der Waals surface area contributed by atoms with Crippen LogP contribution in [0, 0.1) is 0 Å². The first-order chi connectivity index (χ1) is 10.9. The summed E-state index contributed by atoms with van der Waals surface area (Å²) in [5, 5.41) is 10.6. The van der Waals surface area contributed by atoms with Crippen molar-refractivity contribution in [2.75, 3.05) is 12.4 Å². The van der Waals surface area contributed by atoms with Gasteiger partial charge in [0.15, 0.2) is 5.82 Å². The molecule has 0 aliphatic heterocycles. The number of benzene rings is 1. The number of halogens is 1. The lowest BCUT2D eigenvalue weighted by molar-refractivity contribution is 0.567. The Morgan fingerprint density at radius 3 is 2.65 bits per heavy atom. The molecule has 0 atom stereocenters. The van der Waals surface area contributed by atoms with E-state index in [2.05, 4.69) is 73.8 Å². The zero-order valence-electron chi connectivity index (χ0n) is 13.5. The molecule has 2 aromatic heterocycles. The number of aromatic nitrogens is 4. The number of rotatable bonds is 3. The minimum Gasteiger partial charge on any atom is -0.386 e. The van der Waals surface area contributed by atoms with Crippen molar-refractivity contribution in [3.05, 3.63) is 23.9 Å². The SMILES string of the molecule is CNc1cc2nc(-c3cc(C(C)(C)C)[nH]n3)[nH]c2cc1N=CI. The monoisotopic (exact) mass is 422 g/mol. The first-order valence-electron chi connectivity index (χ1n) is 7.33. The topological polar surface area (TPSA) is 81.8 Å². The molecule has 0 spiro atoms. The maximum atomic E-state index is 4.66. The van der Waals surface area contributed by atoms with Gasteiger partial charge in [0.05, 0.1) is 26.6 Å². The molecule has 0 saturated heterocycles. The molecule has 0 radical (unpaired) electrons. The zero-order chi connectivity index (χ0) is 16.6. The second-order valence-electron chi connectivity index (χ2n) is 6.37. The average molecular weight is 422 g/mol. The van der Waals surface area contributed by atoms with Crippen molar-refractivity contribution in [2.24, 2.45) is 4.99 Å². The van der Waals surface area contributed by atoms with Crippen LogP contribution >= 0.6 is 22.6 Å². The van der Waals surface area contributed by atoms with Gasteiger partial charge in [-0.1, -0.05) is 20.8 Å². The third-order valence-electron chi connectivity index (χ3n) is 3.69. The number of nitrogens with one attached hydrogen (secondary N) is 3. The van der Waals surface area contributed by atoms with Gasteiger partial charge in [0.25, 0.3) is 0 Å². The van der Waals surface area contributed by atoms with Crippen molar-refractivity contribution < 1.29 is 0 Å². The van der Waals surface area contributed by atoms with Gasteiger partial charge in [-0.05, 0) is 40.8 Å². The second kappa shape index (κ2) is 5.95. The fraction of sp³-hybridized carbons (Fsp3) is 0.312. The maximum Gasteiger partial charge on any atom is 0.159 e. The molecule has 23 heavy (non-hydrogen) atoms. The summed E-state index contributed by atoms with van der Waals surface area (Å²) < 4.78 is 1.75. The smallest absolute Gasteiger partial charge is 0.159 e. The summed E-state index contributed by atoms with van der Waals surface area (Å²) in [6.07, 6.45) is 0. The Hall–Kier alpha value is -1.90. The average Bonchev–Trinajstić information content (AvgIpc) is 3.12. The molecule has 0 amide bonds. The molecule has 0 saturated carbocycles. The molecule has 7 heteroatoms. The highest BCUT2D eigenvalue weighted by atomic mass is 127. The van der Waals surface area contributed by atoms with E-state index in [1.165, 1.54) is 0 Å². The predicted octanol–water partition coefficient (Wildman–Crippen LogP) is 4.39. The van der Waals surface area contributed by atoms with E-state index in [1.54, 1.807) is 4.22 Å². The van der Waals surface area contributed by atoms with Crippen LogP contribution in [0.4, 0.5) is 11.4 Å². The summed E-state index contributed by atoms with van der Waals surface area (Å²) in [5.41, 5.74) is 5.57. The van der Waals surface area contributed by atoms with Crippen LogP contribution in [0.25, 0.3) is 22.6 Å². The molecule has 1 aromatic carbocycles. The zero-order valence-corrected chi connectivity index (χ0v) is 15.7. The second-order valence-corrected chi connectivity index (χ2v) is 6.92. The number of aromatic amines is 2. The van der Waals surface area contributed by atoms with E-state index in [-0.39, 0.29) is 5.41 Å². The van der Waals surface area contributed by atoms with Gasteiger partial charge in [0.2, 0.25) is 0 Å². The van der Waals surface area contributed by atoms with Crippen molar-refractivity contribution in [3.63, 3.8) is 0 Å². The van der Waals surface area contributed by atoms with Crippen LogP contribution in [-0.4, -0.2) is 31.4 Å². The lowest BCUT2D eigenvalue weighted by Crippen LogP contribution is -2.11. The van der Waals surface area contributed by atoms with E-state index in [4.69, 9.17) is 0 Å². The summed E-state index contributed by atoms with van der Waals surface area (Å²) in [7, 11) is 1.88. The van der Waals surface area contributed by atoms with Crippen molar-refractivity contribution in [3.8, 4) is 11.5 Å². The Morgan fingerprint density at radius 1 is 1.26 bits per heavy atom. The van der Waals surface area contributed by atoms with Gasteiger partial charge in [-0.25, -0.2) is 9.98 Å². The normalized spacial score (nSPS) is 12.4. The van der Waals surface area contributed by atoms with Gasteiger partial charge in [-0.2, -0.15) is 5.10 Å². The number of nitrogens with zero attached hydrogens (tertiary/aromatic N) is 3. The summed E-state index contributed by atoms with van der Waals surface area (Å²) in [4.78, 5) is 12.4. The number of hydrogen-bond donors (Lipinski definition) is 3. The van der Waals surface area contributed by atoms with Gasteiger partial charge in [0, 0.05) is 18.2 Å². The lowest BCUT2D eigenvalue weighted by Gasteiger charge is -2.14. The maximum absolute atomic E-state index is 4.66. The van der Waals surface area contributed by atoms with Crippen LogP contribution in [0.1, 0.15) is 26.5 Å². The van der Waals surface area contributed by atoms with Crippen LogP contribution in [0.5, 0.6) is 0 Å². The predicted molar refractivity (Wildman–Crippen MR) is 104 cm³/mol. The minimum atomic E-state index is 0.0265. The number of imidazole rings is 1. The fourth-order valence-electron chi connectivity index (χ4n) is 2.35. The minimum absolute atomic E-state index is 0.0265. The summed E-state index contributed by atoms with van der Waals surface area (Å²) in [6.45, 7) is 6.45. The van der Waals surface area contributed by atoms with E-state index < -0.39 is 0 Å². The van der Waals surface area contributed by atoms with Crippen molar-refractivity contribution in [1.82, 2.24) is 20.2 Å². The Balaban J connectivity index is 2.08. The molecule has 2 heterocycles. The highest BCUT2D eigenvalue weighted by Crippen LogP contribution is 2.31. The summed E-state index contributed by atoms with van der Waals surface area (Å²) in [6, 6.07) is 6.02. The Bertz CT molecular complexity index is 868. The number of aliphatic imine (C=N–C) groups is 1. The fourth-order valence-corrected chi connectivity index (χ4v) is 2.65. The molecule has 0 fully saturated rings. The van der Waals surface area contributed by atoms with Crippen molar-refractivity contribution in [2.45, 2.75) is 26.2 Å². The molecule has 0 bridgehead atoms. The van der Waals surface area contributed by atoms with Crippen molar-refractivity contribution >= 4 is 49.2 Å². The number of hydrogen-bond acceptors (Lipinski definition) is 4. The molecular weight excluding hydrogens is 403 g/mol. The first kappa shape index (κ1) is 16.0. The molecule has 3 rings (SSSR count). The van der Waals surface area contributed by atoms with Gasteiger partial charge in [-0.15, -0.1) is 0 Å². The lowest BCUT2D eigenvalue weighted by atomic mass is 9.92. The van der Waals surface area contributed by atoms with Crippen LogP contribution in [-0.2, 0) is 5.41 Å². The highest BCUT2D eigenvalue weighted by molar-refractivity contribution is 14.1. The third-order valence-corrected chi connectivity index (χ3v) is 3.96. The highest BCUT2D eigenvalue weighted by Gasteiger charge is 2.18. The molecule has 3 N–H and O–H groups in total. The van der Waals surface area contributed by atoms with Crippen molar-refractivity contribution in [1.29, 1.82) is 0 Å². The van der Waals surface area contributed by atoms with E-state index in [0.717, 1.165) is 39.6 Å². The largest absolute Gasteiger partial charge is 0.386 e. The molecule has 6 nitrogen and oxygen atoms in total. The Labute approximate surface area is 148 Å². The first-order valence-corrected chi connectivity index (χ1v) is 8.57. The third kappa shape index (κ3) is 3.10. The Morgan fingerprint density at radius 2 is 2.04 bits per heavy atom. The summed E-state index contributed by atoms with van der Waals surface area (Å²) >= 11 is 2.11. The number of anilines is 1. The summed E-state index contributed by atoms with van der Waals surface area (Å²) in [5.74, 6) is 0.754.